The normalized spacial score (nSPS) is 10.7. The Balaban J connectivity index is 2.36. The summed E-state index contributed by atoms with van der Waals surface area (Å²) in [4.78, 5) is 0.0212. The number of nitrogens with one attached hydrogen (secondary N) is 3. The van der Waals surface area contributed by atoms with E-state index in [9.17, 15) is 8.42 Å². The summed E-state index contributed by atoms with van der Waals surface area (Å²) < 4.78 is 38.5. The number of sulfonamides is 1. The molecule has 0 aliphatic carbocycles. The summed E-state index contributed by atoms with van der Waals surface area (Å²) >= 11 is 5.15. The summed E-state index contributed by atoms with van der Waals surface area (Å²) in [5.74, 6) is 1.05. The van der Waals surface area contributed by atoms with Crippen molar-refractivity contribution in [1.82, 2.24) is 5.32 Å². The summed E-state index contributed by atoms with van der Waals surface area (Å²) in [6.45, 7) is 2.51. The van der Waals surface area contributed by atoms with Crippen LogP contribution in [0.2, 0.25) is 0 Å². The lowest BCUT2D eigenvalue weighted by atomic mass is 10.3. The highest BCUT2D eigenvalue weighted by Crippen LogP contribution is 2.28. The fraction of sp³-hybridized carbons (Fsp3) is 0.235. The molecule has 26 heavy (non-hydrogen) atoms. The maximum Gasteiger partial charge on any atom is 0.264 e. The molecule has 0 amide bonds. The van der Waals surface area contributed by atoms with Crippen LogP contribution in [0, 0.1) is 0 Å². The van der Waals surface area contributed by atoms with Gasteiger partial charge in [0.15, 0.2) is 5.11 Å². The first-order valence-electron chi connectivity index (χ1n) is 7.79. The van der Waals surface area contributed by atoms with Crippen molar-refractivity contribution in [1.29, 1.82) is 0 Å². The molecule has 2 aromatic carbocycles. The zero-order valence-corrected chi connectivity index (χ0v) is 16.3. The topological polar surface area (TPSA) is 88.7 Å². The average molecular weight is 396 g/mol. The molecule has 140 valence electrons. The zero-order valence-electron chi connectivity index (χ0n) is 14.7. The predicted octanol–water partition coefficient (Wildman–Crippen LogP) is 2.81. The molecule has 0 fully saturated rings. The number of methoxy groups -OCH3 is 2. The molecule has 0 unspecified atom stereocenters. The van der Waals surface area contributed by atoms with Gasteiger partial charge in [0.25, 0.3) is 10.0 Å². The second-order valence-corrected chi connectivity index (χ2v) is 7.24. The van der Waals surface area contributed by atoms with Crippen LogP contribution < -0.4 is 24.8 Å². The highest BCUT2D eigenvalue weighted by Gasteiger charge is 2.20. The van der Waals surface area contributed by atoms with Gasteiger partial charge in [0.1, 0.15) is 16.4 Å². The maximum atomic E-state index is 12.9. The number of benzene rings is 2. The lowest BCUT2D eigenvalue weighted by Crippen LogP contribution is -2.29. The molecule has 2 rings (SSSR count). The van der Waals surface area contributed by atoms with Crippen LogP contribution in [0.4, 0.5) is 11.4 Å². The van der Waals surface area contributed by atoms with Crippen molar-refractivity contribution < 1.29 is 17.9 Å². The van der Waals surface area contributed by atoms with Crippen molar-refractivity contribution in [2.45, 2.75) is 11.8 Å². The minimum absolute atomic E-state index is 0.0212. The Morgan fingerprint density at radius 1 is 1.04 bits per heavy atom. The first-order chi connectivity index (χ1) is 12.4. The Kier molecular flexibility index (Phi) is 6.64. The molecule has 0 atom stereocenters. The Morgan fingerprint density at radius 3 is 2.23 bits per heavy atom. The van der Waals surface area contributed by atoms with Gasteiger partial charge in [-0.25, -0.2) is 8.42 Å². The van der Waals surface area contributed by atoms with Gasteiger partial charge in [-0.05, 0) is 55.5 Å². The van der Waals surface area contributed by atoms with Gasteiger partial charge in [0.05, 0.1) is 19.9 Å². The van der Waals surface area contributed by atoms with E-state index in [1.807, 2.05) is 6.92 Å². The number of thiocarbonyl (C=S) groups is 1. The molecule has 7 nitrogen and oxygen atoms in total. The number of ether oxygens (including phenoxy) is 2. The Bertz CT molecular complexity index is 868. The molecule has 0 aliphatic rings. The molecule has 0 saturated heterocycles. The van der Waals surface area contributed by atoms with Crippen molar-refractivity contribution >= 4 is 38.7 Å². The van der Waals surface area contributed by atoms with Gasteiger partial charge in [-0.3, -0.25) is 4.72 Å². The SMILES string of the molecule is CCNC(=S)Nc1ccc(OC)cc1S(=O)(=O)Nc1ccc(OC)cc1. The van der Waals surface area contributed by atoms with Crippen molar-refractivity contribution in [3.05, 3.63) is 42.5 Å². The Labute approximate surface area is 158 Å². The first-order valence-corrected chi connectivity index (χ1v) is 9.68. The fourth-order valence-electron chi connectivity index (χ4n) is 2.15. The van der Waals surface area contributed by atoms with Gasteiger partial charge in [-0.2, -0.15) is 0 Å². The van der Waals surface area contributed by atoms with Crippen LogP contribution in [0.3, 0.4) is 0 Å². The van der Waals surface area contributed by atoms with Crippen molar-refractivity contribution in [2.75, 3.05) is 30.8 Å². The van der Waals surface area contributed by atoms with Crippen molar-refractivity contribution in [3.63, 3.8) is 0 Å². The lowest BCUT2D eigenvalue weighted by molar-refractivity contribution is 0.413. The summed E-state index contributed by atoms with van der Waals surface area (Å²) in [6.07, 6.45) is 0. The van der Waals surface area contributed by atoms with Gasteiger partial charge in [0, 0.05) is 18.3 Å². The average Bonchev–Trinajstić information content (AvgIpc) is 2.62. The van der Waals surface area contributed by atoms with Crippen LogP contribution in [-0.2, 0) is 10.0 Å². The summed E-state index contributed by atoms with van der Waals surface area (Å²) in [7, 11) is -0.864. The number of hydrogen-bond donors (Lipinski definition) is 3. The summed E-state index contributed by atoms with van der Waals surface area (Å²) in [6, 6.07) is 11.3. The van der Waals surface area contributed by atoms with Crippen molar-refractivity contribution in [2.24, 2.45) is 0 Å². The minimum atomic E-state index is -3.88. The molecule has 0 bridgehead atoms. The van der Waals surface area contributed by atoms with Crippen LogP contribution in [0.25, 0.3) is 0 Å². The number of hydrogen-bond acceptors (Lipinski definition) is 5. The van der Waals surface area contributed by atoms with Gasteiger partial charge in [0.2, 0.25) is 0 Å². The van der Waals surface area contributed by atoms with Crippen molar-refractivity contribution in [3.8, 4) is 11.5 Å². The van der Waals surface area contributed by atoms with Crippen LogP contribution >= 0.6 is 12.2 Å². The van der Waals surface area contributed by atoms with E-state index in [4.69, 9.17) is 21.7 Å². The zero-order chi connectivity index (χ0) is 19.2. The summed E-state index contributed by atoms with van der Waals surface area (Å²) in [5.41, 5.74) is 0.756. The second kappa shape index (κ2) is 8.72. The van der Waals surface area contributed by atoms with Gasteiger partial charge < -0.3 is 20.1 Å². The molecule has 2 aromatic rings. The minimum Gasteiger partial charge on any atom is -0.497 e. The smallest absolute Gasteiger partial charge is 0.264 e. The largest absolute Gasteiger partial charge is 0.497 e. The van der Waals surface area contributed by atoms with Crippen LogP contribution in [-0.4, -0.2) is 34.3 Å². The maximum absolute atomic E-state index is 12.9. The summed E-state index contributed by atoms with van der Waals surface area (Å²) in [5, 5.41) is 6.15. The van der Waals surface area contributed by atoms with E-state index >= 15 is 0 Å². The molecule has 0 aliphatic heterocycles. The molecule has 0 saturated carbocycles. The molecule has 0 aromatic heterocycles. The molecule has 0 radical (unpaired) electrons. The van der Waals surface area contributed by atoms with E-state index in [-0.39, 0.29) is 4.90 Å². The Morgan fingerprint density at radius 2 is 1.65 bits per heavy atom. The highest BCUT2D eigenvalue weighted by atomic mass is 32.2. The number of rotatable bonds is 7. The van der Waals surface area contributed by atoms with Crippen LogP contribution in [0.15, 0.2) is 47.4 Å². The first kappa shape index (κ1) is 19.8. The molecule has 9 heteroatoms. The third-order valence-electron chi connectivity index (χ3n) is 3.41. The third kappa shape index (κ3) is 4.99. The molecule has 0 spiro atoms. The van der Waals surface area contributed by atoms with Gasteiger partial charge >= 0.3 is 0 Å². The van der Waals surface area contributed by atoms with E-state index < -0.39 is 10.0 Å². The Hall–Kier alpha value is -2.52. The third-order valence-corrected chi connectivity index (χ3v) is 5.07. The highest BCUT2D eigenvalue weighted by molar-refractivity contribution is 7.93. The van der Waals surface area contributed by atoms with Gasteiger partial charge in [-0.1, -0.05) is 0 Å². The van der Waals surface area contributed by atoms with E-state index in [0.29, 0.717) is 34.5 Å². The van der Waals surface area contributed by atoms with E-state index in [0.717, 1.165) is 0 Å². The quantitative estimate of drug-likeness (QED) is 0.621. The number of anilines is 2. The van der Waals surface area contributed by atoms with Crippen LogP contribution in [0.5, 0.6) is 11.5 Å². The second-order valence-electron chi connectivity index (χ2n) is 5.18. The lowest BCUT2D eigenvalue weighted by Gasteiger charge is -2.16. The monoisotopic (exact) mass is 395 g/mol. The molecular formula is C17H21N3O4S2. The standard InChI is InChI=1S/C17H21N3O4S2/c1-4-18-17(25)19-15-10-9-14(24-3)11-16(15)26(21,22)20-12-5-7-13(23-2)8-6-12/h5-11,20H,4H2,1-3H3,(H2,18,19,25). The predicted molar refractivity (Wildman–Crippen MR) is 107 cm³/mol. The molecule has 0 heterocycles. The molecular weight excluding hydrogens is 374 g/mol. The molecule has 3 N–H and O–H groups in total. The fourth-order valence-corrected chi connectivity index (χ4v) is 3.64. The van der Waals surface area contributed by atoms with Crippen LogP contribution in [0.1, 0.15) is 6.92 Å². The van der Waals surface area contributed by atoms with Gasteiger partial charge in [-0.15, -0.1) is 0 Å². The van der Waals surface area contributed by atoms with E-state index in [1.165, 1.54) is 13.2 Å². The van der Waals surface area contributed by atoms with E-state index in [1.54, 1.807) is 43.5 Å². The van der Waals surface area contributed by atoms with E-state index in [2.05, 4.69) is 15.4 Å².